The molecule has 7 heteroatoms. The summed E-state index contributed by atoms with van der Waals surface area (Å²) in [6.45, 7) is 4.13. The second-order valence-electron chi connectivity index (χ2n) is 9.24. The molecule has 3 aromatic rings. The Morgan fingerprint density at radius 3 is 2.61 bits per heavy atom. The molecule has 1 unspecified atom stereocenters. The van der Waals surface area contributed by atoms with Gasteiger partial charge in [-0.2, -0.15) is 0 Å². The minimum atomic E-state index is -0.612. The molecule has 0 N–H and O–H groups in total. The van der Waals surface area contributed by atoms with Crippen molar-refractivity contribution in [1.29, 1.82) is 0 Å². The number of halogens is 2. The molecule has 0 saturated heterocycles. The number of benzene rings is 2. The normalized spacial score (nSPS) is 13.5. The van der Waals surface area contributed by atoms with E-state index in [1.807, 2.05) is 37.3 Å². The van der Waals surface area contributed by atoms with Gasteiger partial charge < -0.3 is 4.74 Å². The fourth-order valence-corrected chi connectivity index (χ4v) is 5.65. The summed E-state index contributed by atoms with van der Waals surface area (Å²) in [5.74, 6) is -0.905. The lowest BCUT2D eigenvalue weighted by Gasteiger charge is -2.15. The quantitative estimate of drug-likeness (QED) is 0.141. The van der Waals surface area contributed by atoms with Crippen molar-refractivity contribution >= 4 is 42.8 Å². The molecule has 1 aromatic heterocycles. The van der Waals surface area contributed by atoms with Crippen LogP contribution in [0.3, 0.4) is 0 Å². The van der Waals surface area contributed by atoms with Crippen LogP contribution < -0.4 is 10.2 Å². The lowest BCUT2D eigenvalue weighted by Crippen LogP contribution is -2.18. The molecular formula is C31H30ClFNO3P. The number of aryl methyl sites for hydroxylation is 1. The molecule has 0 radical (unpaired) electrons. The highest BCUT2D eigenvalue weighted by Crippen LogP contribution is 2.32. The van der Waals surface area contributed by atoms with Crippen molar-refractivity contribution in [3.63, 3.8) is 0 Å². The number of carbonyl (C=O) groups excluding carboxylic acids is 2. The first-order valence-electron chi connectivity index (χ1n) is 12.8. The predicted molar refractivity (Wildman–Crippen MR) is 154 cm³/mol. The third kappa shape index (κ3) is 6.83. The molecule has 4 rings (SSSR count). The first kappa shape index (κ1) is 27.9. The topological polar surface area (TPSA) is 56.3 Å². The molecule has 1 atom stereocenters. The van der Waals surface area contributed by atoms with E-state index in [4.69, 9.17) is 16.3 Å². The Balaban J connectivity index is 1.42. The van der Waals surface area contributed by atoms with Crippen molar-refractivity contribution in [3.8, 4) is 11.5 Å². The molecule has 0 aliphatic heterocycles. The van der Waals surface area contributed by atoms with Crippen LogP contribution in [0.4, 0.5) is 4.39 Å². The van der Waals surface area contributed by atoms with E-state index in [9.17, 15) is 14.0 Å². The highest BCUT2D eigenvalue weighted by atomic mass is 35.5. The summed E-state index contributed by atoms with van der Waals surface area (Å²) in [6.07, 6.45) is 9.91. The summed E-state index contributed by atoms with van der Waals surface area (Å²) < 4.78 is 20.7. The molecule has 1 aliphatic carbocycles. The Labute approximate surface area is 229 Å². The first-order valence-corrected chi connectivity index (χ1v) is 14.4. The van der Waals surface area contributed by atoms with E-state index in [1.165, 1.54) is 12.1 Å². The van der Waals surface area contributed by atoms with Gasteiger partial charge in [-0.1, -0.05) is 88.0 Å². The zero-order chi connectivity index (χ0) is 27.1. The SMILES string of the molecule is CCCCCPc1nccc(Oc2ccc(CC(=O)C3=CCC=C(c4ccc(C)cc4)C3=O)cc2F)c1Cl. The van der Waals surface area contributed by atoms with Gasteiger partial charge in [0.05, 0.1) is 11.0 Å². The average Bonchev–Trinajstić information content (AvgIpc) is 2.90. The van der Waals surface area contributed by atoms with Crippen molar-refractivity contribution in [2.75, 3.05) is 6.16 Å². The van der Waals surface area contributed by atoms with Gasteiger partial charge >= 0.3 is 0 Å². The van der Waals surface area contributed by atoms with Crippen molar-refractivity contribution < 1.29 is 18.7 Å². The van der Waals surface area contributed by atoms with Gasteiger partial charge in [-0.25, -0.2) is 4.39 Å². The number of aromatic nitrogens is 1. The Hall–Kier alpha value is -3.14. The number of Topliss-reactive ketones (excluding diaryl/α,β-unsaturated/α-hetero) is 2. The summed E-state index contributed by atoms with van der Waals surface area (Å²) in [4.78, 5) is 30.4. The fourth-order valence-electron chi connectivity index (χ4n) is 4.19. The Morgan fingerprint density at radius 2 is 1.87 bits per heavy atom. The molecule has 0 fully saturated rings. The summed E-state index contributed by atoms with van der Waals surface area (Å²) in [7, 11) is 0.459. The largest absolute Gasteiger partial charge is 0.453 e. The maximum absolute atomic E-state index is 15.0. The number of ether oxygens (including phenoxy) is 1. The van der Waals surface area contributed by atoms with Crippen LogP contribution >= 0.6 is 20.2 Å². The zero-order valence-electron chi connectivity index (χ0n) is 21.5. The van der Waals surface area contributed by atoms with Crippen molar-refractivity contribution in [2.45, 2.75) is 46.0 Å². The average molecular weight is 550 g/mol. The first-order chi connectivity index (χ1) is 18.4. The van der Waals surface area contributed by atoms with Crippen LogP contribution in [-0.4, -0.2) is 22.7 Å². The molecule has 1 heterocycles. The summed E-state index contributed by atoms with van der Waals surface area (Å²) in [5.41, 5.74) is 3.75. The van der Waals surface area contributed by atoms with Crippen LogP contribution in [0.1, 0.15) is 49.3 Å². The minimum Gasteiger partial charge on any atom is -0.453 e. The number of nitrogens with zero attached hydrogens (tertiary/aromatic N) is 1. The van der Waals surface area contributed by atoms with Gasteiger partial charge in [0.2, 0.25) is 0 Å². The van der Waals surface area contributed by atoms with E-state index in [2.05, 4.69) is 11.9 Å². The summed E-state index contributed by atoms with van der Waals surface area (Å²) >= 11 is 6.50. The number of pyridine rings is 1. The number of allylic oxidation sites excluding steroid dienone is 4. The third-order valence-electron chi connectivity index (χ3n) is 6.30. The smallest absolute Gasteiger partial charge is 0.196 e. The van der Waals surface area contributed by atoms with Gasteiger partial charge in [-0.3, -0.25) is 14.6 Å². The van der Waals surface area contributed by atoms with E-state index in [0.29, 0.717) is 36.9 Å². The Kier molecular flexibility index (Phi) is 9.60. The van der Waals surface area contributed by atoms with Gasteiger partial charge in [0.1, 0.15) is 10.8 Å². The Bertz CT molecular complexity index is 1400. The van der Waals surface area contributed by atoms with Crippen LogP contribution in [-0.2, 0) is 16.0 Å². The van der Waals surface area contributed by atoms with Crippen LogP contribution in [0.25, 0.3) is 5.57 Å². The van der Waals surface area contributed by atoms with Gasteiger partial charge in [-0.05, 0) is 49.2 Å². The van der Waals surface area contributed by atoms with Crippen LogP contribution in [0.2, 0.25) is 5.02 Å². The second kappa shape index (κ2) is 13.1. The van der Waals surface area contributed by atoms with Gasteiger partial charge in [0.15, 0.2) is 23.1 Å². The molecule has 196 valence electrons. The van der Waals surface area contributed by atoms with E-state index in [0.717, 1.165) is 42.0 Å². The molecule has 0 saturated carbocycles. The number of ketones is 2. The van der Waals surface area contributed by atoms with Gasteiger partial charge in [0, 0.05) is 24.3 Å². The van der Waals surface area contributed by atoms with E-state index >= 15 is 0 Å². The molecule has 1 aliphatic rings. The predicted octanol–water partition coefficient (Wildman–Crippen LogP) is 7.56. The van der Waals surface area contributed by atoms with Gasteiger partial charge in [-0.15, -0.1) is 0 Å². The molecule has 0 spiro atoms. The van der Waals surface area contributed by atoms with Crippen molar-refractivity contribution in [2.24, 2.45) is 0 Å². The molecule has 38 heavy (non-hydrogen) atoms. The maximum Gasteiger partial charge on any atom is 0.196 e. The lowest BCUT2D eigenvalue weighted by atomic mass is 9.87. The number of hydrogen-bond acceptors (Lipinski definition) is 4. The van der Waals surface area contributed by atoms with Gasteiger partial charge in [0.25, 0.3) is 0 Å². The number of carbonyl (C=O) groups is 2. The number of rotatable bonds is 11. The van der Waals surface area contributed by atoms with Crippen LogP contribution in [0.15, 0.2) is 72.5 Å². The lowest BCUT2D eigenvalue weighted by molar-refractivity contribution is -0.118. The monoisotopic (exact) mass is 549 g/mol. The summed E-state index contributed by atoms with van der Waals surface area (Å²) in [6, 6.07) is 13.6. The minimum absolute atomic E-state index is 0.00659. The van der Waals surface area contributed by atoms with Crippen molar-refractivity contribution in [1.82, 2.24) is 4.98 Å². The fraction of sp³-hybridized carbons (Fsp3) is 0.258. The molecule has 4 nitrogen and oxygen atoms in total. The standard InChI is InChI=1S/C31H30ClFNO3P/c1-3-4-5-17-38-31-29(32)28(15-16-34-31)37-27-14-11-21(18-25(27)33)19-26(35)24-8-6-7-23(30(24)36)22-12-9-20(2)10-13-22/h7-16,18,38H,3-6,17,19H2,1-2H3. The van der Waals surface area contributed by atoms with Crippen molar-refractivity contribution in [3.05, 3.63) is 100.0 Å². The highest BCUT2D eigenvalue weighted by Gasteiger charge is 2.25. The van der Waals surface area contributed by atoms with Crippen LogP contribution in [0.5, 0.6) is 11.5 Å². The van der Waals surface area contributed by atoms with Crippen LogP contribution in [0, 0.1) is 12.7 Å². The number of unbranched alkanes of at least 4 members (excludes halogenated alkanes) is 2. The third-order valence-corrected chi connectivity index (χ3v) is 8.14. The number of hydrogen-bond donors (Lipinski definition) is 0. The highest BCUT2D eigenvalue weighted by molar-refractivity contribution is 7.47. The maximum atomic E-state index is 15.0. The Morgan fingerprint density at radius 1 is 1.08 bits per heavy atom. The zero-order valence-corrected chi connectivity index (χ0v) is 23.3. The van der Waals surface area contributed by atoms with E-state index < -0.39 is 5.82 Å². The molecule has 2 aromatic carbocycles. The summed E-state index contributed by atoms with van der Waals surface area (Å²) in [5, 5.41) is 0.390. The molecule has 0 amide bonds. The molecule has 0 bridgehead atoms. The molecular weight excluding hydrogens is 520 g/mol. The second-order valence-corrected chi connectivity index (χ2v) is 10.9. The van der Waals surface area contributed by atoms with E-state index in [-0.39, 0.29) is 29.3 Å². The van der Waals surface area contributed by atoms with E-state index in [1.54, 1.807) is 24.4 Å².